The smallest absolute Gasteiger partial charge is 0.159 e. The van der Waals surface area contributed by atoms with Gasteiger partial charge in [-0.25, -0.2) is 0 Å². The van der Waals surface area contributed by atoms with Crippen LogP contribution in [0.5, 0.6) is 0 Å². The normalized spacial score (nSPS) is 20.1. The Bertz CT molecular complexity index is 489. The van der Waals surface area contributed by atoms with Crippen molar-refractivity contribution >= 4 is 11.5 Å². The molecule has 1 aliphatic heterocycles. The van der Waals surface area contributed by atoms with Crippen LogP contribution in [-0.2, 0) is 0 Å². The Kier molecular flexibility index (Phi) is 4.18. The zero-order chi connectivity index (χ0) is 13.8. The van der Waals surface area contributed by atoms with E-state index in [1.54, 1.807) is 6.92 Å². The van der Waals surface area contributed by atoms with Crippen molar-refractivity contribution in [1.29, 1.82) is 5.26 Å². The molecule has 2 rings (SSSR count). The maximum Gasteiger partial charge on any atom is 0.159 e. The molecule has 1 saturated heterocycles. The quantitative estimate of drug-likeness (QED) is 0.776. The fourth-order valence-electron chi connectivity index (χ4n) is 2.52. The van der Waals surface area contributed by atoms with Crippen molar-refractivity contribution in [3.63, 3.8) is 0 Å². The van der Waals surface area contributed by atoms with Gasteiger partial charge in [-0.1, -0.05) is 0 Å². The molecular formula is C15H19N3O. The zero-order valence-corrected chi connectivity index (χ0v) is 11.5. The molecule has 1 heterocycles. The maximum absolute atomic E-state index is 11.3. The summed E-state index contributed by atoms with van der Waals surface area (Å²) in [7, 11) is 2.08. The number of likely N-dealkylation sites (N-methyl/N-ethyl adjacent to an activating group) is 1. The van der Waals surface area contributed by atoms with E-state index in [0.717, 1.165) is 30.9 Å². The van der Waals surface area contributed by atoms with E-state index in [1.165, 1.54) is 0 Å². The van der Waals surface area contributed by atoms with Gasteiger partial charge in [-0.3, -0.25) is 4.79 Å². The average Bonchev–Trinajstić information content (AvgIpc) is 2.39. The molecule has 0 saturated carbocycles. The number of carbonyl (C=O) groups excluding carboxylic acids is 1. The second kappa shape index (κ2) is 5.85. The lowest BCUT2D eigenvalue weighted by atomic mass is 10.1. The third-order valence-electron chi connectivity index (χ3n) is 3.62. The van der Waals surface area contributed by atoms with Gasteiger partial charge in [0.15, 0.2) is 5.78 Å². The lowest BCUT2D eigenvalue weighted by molar-refractivity contribution is 0.101. The van der Waals surface area contributed by atoms with Gasteiger partial charge in [0.25, 0.3) is 0 Å². The second-order valence-electron chi connectivity index (χ2n) is 5.07. The van der Waals surface area contributed by atoms with Gasteiger partial charge in [0, 0.05) is 30.9 Å². The van der Waals surface area contributed by atoms with Crippen molar-refractivity contribution in [1.82, 2.24) is 4.90 Å². The first kappa shape index (κ1) is 13.6. The van der Waals surface area contributed by atoms with Crippen molar-refractivity contribution in [3.8, 4) is 6.07 Å². The zero-order valence-electron chi connectivity index (χ0n) is 11.5. The van der Waals surface area contributed by atoms with E-state index in [-0.39, 0.29) is 11.8 Å². The van der Waals surface area contributed by atoms with Gasteiger partial charge in [0.05, 0.1) is 18.5 Å². The van der Waals surface area contributed by atoms with Gasteiger partial charge in [-0.05, 0) is 38.2 Å². The largest absolute Gasteiger partial charge is 0.365 e. The van der Waals surface area contributed by atoms with E-state index in [1.807, 2.05) is 24.3 Å². The first-order chi connectivity index (χ1) is 9.11. The summed E-state index contributed by atoms with van der Waals surface area (Å²) in [6, 6.07) is 10.2. The summed E-state index contributed by atoms with van der Waals surface area (Å²) in [5, 5.41) is 8.95. The molecule has 4 heteroatoms. The molecule has 0 bridgehead atoms. The topological polar surface area (TPSA) is 47.3 Å². The van der Waals surface area contributed by atoms with Crippen molar-refractivity contribution < 1.29 is 4.79 Å². The van der Waals surface area contributed by atoms with Gasteiger partial charge in [0.1, 0.15) is 0 Å². The summed E-state index contributed by atoms with van der Waals surface area (Å²) in [6.07, 6.45) is 0.527. The molecule has 0 amide bonds. The van der Waals surface area contributed by atoms with E-state index in [0.29, 0.717) is 6.42 Å². The van der Waals surface area contributed by atoms with E-state index in [4.69, 9.17) is 5.26 Å². The predicted octanol–water partition coefficient (Wildman–Crippen LogP) is 1.92. The van der Waals surface area contributed by atoms with E-state index < -0.39 is 0 Å². The molecule has 100 valence electrons. The molecule has 0 spiro atoms. The number of benzene rings is 1. The number of piperazine rings is 1. The van der Waals surface area contributed by atoms with Gasteiger partial charge >= 0.3 is 0 Å². The number of rotatable bonds is 3. The van der Waals surface area contributed by atoms with Crippen LogP contribution < -0.4 is 4.90 Å². The van der Waals surface area contributed by atoms with Crippen LogP contribution in [0.15, 0.2) is 24.3 Å². The van der Waals surface area contributed by atoms with Crippen molar-refractivity contribution in [3.05, 3.63) is 29.8 Å². The first-order valence-corrected chi connectivity index (χ1v) is 6.55. The summed E-state index contributed by atoms with van der Waals surface area (Å²) in [5.41, 5.74) is 1.83. The van der Waals surface area contributed by atoms with Crippen molar-refractivity contribution in [2.24, 2.45) is 0 Å². The molecule has 1 unspecified atom stereocenters. The summed E-state index contributed by atoms with van der Waals surface area (Å²) in [5.74, 6) is 0.0819. The fraction of sp³-hybridized carbons (Fsp3) is 0.467. The molecule has 1 aromatic carbocycles. The molecule has 0 N–H and O–H groups in total. The van der Waals surface area contributed by atoms with Crippen molar-refractivity contribution in [2.45, 2.75) is 19.4 Å². The van der Waals surface area contributed by atoms with E-state index >= 15 is 0 Å². The minimum atomic E-state index is 0.0819. The summed E-state index contributed by atoms with van der Waals surface area (Å²) in [4.78, 5) is 15.8. The van der Waals surface area contributed by atoms with Gasteiger partial charge in [-0.15, -0.1) is 0 Å². The third kappa shape index (κ3) is 3.12. The van der Waals surface area contributed by atoms with Crippen LogP contribution >= 0.6 is 0 Å². The number of Topliss-reactive ketones (excluding diaryl/α,β-unsaturated/α-hetero) is 1. The molecule has 0 aromatic heterocycles. The second-order valence-corrected chi connectivity index (χ2v) is 5.07. The standard InChI is InChI=1S/C15H19N3O/c1-12(19)13-3-5-14(6-4-13)18-10-9-17(2)11-15(18)7-8-16/h3-6,15H,7,9-11H2,1-2H3. The van der Waals surface area contributed by atoms with Gasteiger partial charge < -0.3 is 9.80 Å². The molecule has 0 aliphatic carbocycles. The number of nitrogens with zero attached hydrogens (tertiary/aromatic N) is 3. The lowest BCUT2D eigenvalue weighted by Gasteiger charge is -2.40. The average molecular weight is 257 g/mol. The van der Waals surface area contributed by atoms with Gasteiger partial charge in [-0.2, -0.15) is 5.26 Å². The maximum atomic E-state index is 11.3. The highest BCUT2D eigenvalue weighted by molar-refractivity contribution is 5.94. The summed E-state index contributed by atoms with van der Waals surface area (Å²) in [6.45, 7) is 4.39. The predicted molar refractivity (Wildman–Crippen MR) is 75.3 cm³/mol. The molecule has 1 atom stereocenters. The fourth-order valence-corrected chi connectivity index (χ4v) is 2.52. The van der Waals surface area contributed by atoms with E-state index in [2.05, 4.69) is 22.9 Å². The third-order valence-corrected chi connectivity index (χ3v) is 3.62. The Balaban J connectivity index is 2.18. The van der Waals surface area contributed by atoms with Crippen LogP contribution in [0.1, 0.15) is 23.7 Å². The Morgan fingerprint density at radius 1 is 1.37 bits per heavy atom. The summed E-state index contributed by atoms with van der Waals surface area (Å²) >= 11 is 0. The number of nitriles is 1. The summed E-state index contributed by atoms with van der Waals surface area (Å²) < 4.78 is 0. The van der Waals surface area contributed by atoms with Crippen LogP contribution in [0, 0.1) is 11.3 Å². The van der Waals surface area contributed by atoms with Crippen LogP contribution in [0.25, 0.3) is 0 Å². The Morgan fingerprint density at radius 2 is 2.05 bits per heavy atom. The monoisotopic (exact) mass is 257 g/mol. The number of ketones is 1. The Morgan fingerprint density at radius 3 is 2.63 bits per heavy atom. The molecule has 1 fully saturated rings. The minimum Gasteiger partial charge on any atom is -0.365 e. The van der Waals surface area contributed by atoms with Crippen LogP contribution in [-0.4, -0.2) is 43.4 Å². The minimum absolute atomic E-state index is 0.0819. The molecule has 19 heavy (non-hydrogen) atoms. The highest BCUT2D eigenvalue weighted by atomic mass is 16.1. The number of carbonyl (C=O) groups is 1. The number of anilines is 1. The molecule has 4 nitrogen and oxygen atoms in total. The van der Waals surface area contributed by atoms with Gasteiger partial charge in [0.2, 0.25) is 0 Å². The molecule has 1 aromatic rings. The SMILES string of the molecule is CC(=O)c1ccc(N2CCN(C)CC2CC#N)cc1. The first-order valence-electron chi connectivity index (χ1n) is 6.55. The molecule has 0 radical (unpaired) electrons. The lowest BCUT2D eigenvalue weighted by Crippen LogP contribution is -2.51. The van der Waals surface area contributed by atoms with Crippen molar-refractivity contribution in [2.75, 3.05) is 31.6 Å². The van der Waals surface area contributed by atoms with Crippen LogP contribution in [0.3, 0.4) is 0 Å². The van der Waals surface area contributed by atoms with Crippen LogP contribution in [0.2, 0.25) is 0 Å². The Labute approximate surface area is 114 Å². The highest BCUT2D eigenvalue weighted by Crippen LogP contribution is 2.22. The Hall–Kier alpha value is -1.86. The van der Waals surface area contributed by atoms with Crippen LogP contribution in [0.4, 0.5) is 5.69 Å². The molecular weight excluding hydrogens is 238 g/mol. The number of hydrogen-bond acceptors (Lipinski definition) is 4. The number of hydrogen-bond donors (Lipinski definition) is 0. The highest BCUT2D eigenvalue weighted by Gasteiger charge is 2.25. The van der Waals surface area contributed by atoms with E-state index in [9.17, 15) is 4.79 Å². The molecule has 1 aliphatic rings.